The van der Waals surface area contributed by atoms with E-state index in [0.717, 1.165) is 19.7 Å². The summed E-state index contributed by atoms with van der Waals surface area (Å²) in [7, 11) is 1.68. The molecule has 0 unspecified atom stereocenters. The molecule has 0 radical (unpaired) electrons. The Bertz CT molecular complexity index is 350. The first-order valence-electron chi connectivity index (χ1n) is 6.33. The number of benzene rings is 1. The molecule has 1 N–H and O–H groups in total. The van der Waals surface area contributed by atoms with Gasteiger partial charge < -0.3 is 10.1 Å². The Hall–Kier alpha value is -0.280. The second kappa shape index (κ2) is 8.76. The fraction of sp³-hybridized carbons (Fsp3) is 0.571. The highest BCUT2D eigenvalue weighted by Gasteiger charge is 2.15. The van der Waals surface area contributed by atoms with Crippen molar-refractivity contribution in [2.45, 2.75) is 25.7 Å². The van der Waals surface area contributed by atoms with Crippen molar-refractivity contribution >= 4 is 23.2 Å². The van der Waals surface area contributed by atoms with Gasteiger partial charge >= 0.3 is 0 Å². The number of nitrogens with one attached hydrogen (secondary N) is 1. The average molecular weight is 290 g/mol. The van der Waals surface area contributed by atoms with Crippen molar-refractivity contribution in [3.05, 3.63) is 33.8 Å². The molecule has 102 valence electrons. The topological polar surface area (TPSA) is 21.3 Å². The molecule has 4 heteroatoms. The van der Waals surface area contributed by atoms with E-state index in [1.807, 2.05) is 19.1 Å². The van der Waals surface area contributed by atoms with E-state index >= 15 is 0 Å². The lowest BCUT2D eigenvalue weighted by molar-refractivity contribution is 0.215. The van der Waals surface area contributed by atoms with E-state index in [1.165, 1.54) is 18.4 Å². The second-order valence-corrected chi connectivity index (χ2v) is 5.11. The molecule has 18 heavy (non-hydrogen) atoms. The van der Waals surface area contributed by atoms with E-state index < -0.39 is 0 Å². The quantitative estimate of drug-likeness (QED) is 0.885. The molecule has 1 aliphatic rings. The van der Waals surface area contributed by atoms with E-state index in [2.05, 4.69) is 16.1 Å². The predicted octanol–water partition coefficient (Wildman–Crippen LogP) is 4.11. The van der Waals surface area contributed by atoms with Gasteiger partial charge in [-0.15, -0.1) is 0 Å². The average Bonchev–Trinajstić information content (AvgIpc) is 2.43. The normalized spacial score (nSPS) is 19.0. The number of hydrogen-bond donors (Lipinski definition) is 1. The van der Waals surface area contributed by atoms with E-state index in [4.69, 9.17) is 23.2 Å². The molecule has 1 fully saturated rings. The lowest BCUT2D eigenvalue weighted by Crippen LogP contribution is -2.28. The molecule has 0 bridgehead atoms. The predicted molar refractivity (Wildman–Crippen MR) is 78.9 cm³/mol. The number of rotatable bonds is 2. The van der Waals surface area contributed by atoms with Crippen LogP contribution in [0.5, 0.6) is 0 Å². The SMILES string of the molecule is CCOC.Clc1ccc([C@H]2CCCNC2)cc1Cl. The van der Waals surface area contributed by atoms with Gasteiger partial charge in [-0.3, -0.25) is 0 Å². The summed E-state index contributed by atoms with van der Waals surface area (Å²) < 4.78 is 4.54. The van der Waals surface area contributed by atoms with Gasteiger partial charge in [-0.1, -0.05) is 29.3 Å². The summed E-state index contributed by atoms with van der Waals surface area (Å²) in [5.41, 5.74) is 1.30. The minimum Gasteiger partial charge on any atom is -0.385 e. The fourth-order valence-corrected chi connectivity index (χ4v) is 2.21. The first-order chi connectivity index (χ1) is 8.69. The van der Waals surface area contributed by atoms with Crippen LogP contribution in [-0.4, -0.2) is 26.8 Å². The number of halogens is 2. The van der Waals surface area contributed by atoms with Gasteiger partial charge in [0, 0.05) is 20.3 Å². The van der Waals surface area contributed by atoms with E-state index in [0.29, 0.717) is 16.0 Å². The van der Waals surface area contributed by atoms with Gasteiger partial charge in [0.25, 0.3) is 0 Å². The molecular formula is C14H21Cl2NO. The summed E-state index contributed by atoms with van der Waals surface area (Å²) in [6, 6.07) is 5.95. The highest BCUT2D eigenvalue weighted by molar-refractivity contribution is 6.42. The summed E-state index contributed by atoms with van der Waals surface area (Å²) in [5, 5.41) is 4.69. The summed E-state index contributed by atoms with van der Waals surface area (Å²) in [4.78, 5) is 0. The Kier molecular flexibility index (Phi) is 7.68. The number of ether oxygens (including phenoxy) is 1. The second-order valence-electron chi connectivity index (χ2n) is 4.29. The monoisotopic (exact) mass is 289 g/mol. The first kappa shape index (κ1) is 15.8. The Morgan fingerprint density at radius 2 is 2.06 bits per heavy atom. The van der Waals surface area contributed by atoms with Crippen LogP contribution in [0.4, 0.5) is 0 Å². The highest BCUT2D eigenvalue weighted by Crippen LogP contribution is 2.29. The van der Waals surface area contributed by atoms with Crippen molar-refractivity contribution < 1.29 is 4.74 Å². The van der Waals surface area contributed by atoms with Gasteiger partial charge in [0.15, 0.2) is 0 Å². The van der Waals surface area contributed by atoms with Gasteiger partial charge in [-0.2, -0.15) is 0 Å². The number of methoxy groups -OCH3 is 1. The number of piperidine rings is 1. The van der Waals surface area contributed by atoms with Crippen LogP contribution in [0, 0.1) is 0 Å². The minimum atomic E-state index is 0.596. The van der Waals surface area contributed by atoms with Crippen molar-refractivity contribution in [1.29, 1.82) is 0 Å². The van der Waals surface area contributed by atoms with Crippen molar-refractivity contribution in [3.63, 3.8) is 0 Å². The maximum Gasteiger partial charge on any atom is 0.0595 e. The molecule has 1 aliphatic heterocycles. The van der Waals surface area contributed by atoms with Gasteiger partial charge in [0.2, 0.25) is 0 Å². The molecule has 0 saturated carbocycles. The van der Waals surface area contributed by atoms with Crippen LogP contribution in [-0.2, 0) is 4.74 Å². The molecule has 0 aromatic heterocycles. The fourth-order valence-electron chi connectivity index (χ4n) is 1.90. The van der Waals surface area contributed by atoms with E-state index in [9.17, 15) is 0 Å². The molecule has 1 heterocycles. The maximum absolute atomic E-state index is 5.98. The van der Waals surface area contributed by atoms with Crippen molar-refractivity contribution in [3.8, 4) is 0 Å². The summed E-state index contributed by atoms with van der Waals surface area (Å²) >= 11 is 11.9. The summed E-state index contributed by atoms with van der Waals surface area (Å²) in [5.74, 6) is 0.596. The third kappa shape index (κ3) is 5.15. The molecule has 0 aliphatic carbocycles. The van der Waals surface area contributed by atoms with Crippen molar-refractivity contribution in [1.82, 2.24) is 5.32 Å². The molecule has 2 rings (SSSR count). The first-order valence-corrected chi connectivity index (χ1v) is 7.09. The molecule has 2 nitrogen and oxygen atoms in total. The third-order valence-corrected chi connectivity index (χ3v) is 3.74. The Morgan fingerprint density at radius 1 is 1.33 bits per heavy atom. The zero-order valence-electron chi connectivity index (χ0n) is 11.0. The van der Waals surface area contributed by atoms with Crippen LogP contribution in [0.25, 0.3) is 0 Å². The molecule has 0 amide bonds. The summed E-state index contributed by atoms with van der Waals surface area (Å²) in [6.07, 6.45) is 2.48. The van der Waals surface area contributed by atoms with Crippen LogP contribution in [0.3, 0.4) is 0 Å². The largest absolute Gasteiger partial charge is 0.385 e. The van der Waals surface area contributed by atoms with Crippen molar-refractivity contribution in [2.75, 3.05) is 26.8 Å². The lowest BCUT2D eigenvalue weighted by Gasteiger charge is -2.23. The minimum absolute atomic E-state index is 0.596. The third-order valence-electron chi connectivity index (χ3n) is 3.00. The van der Waals surface area contributed by atoms with Crippen molar-refractivity contribution in [2.24, 2.45) is 0 Å². The molecule has 1 saturated heterocycles. The Morgan fingerprint density at radius 3 is 2.56 bits per heavy atom. The Labute approximate surface area is 120 Å². The lowest BCUT2D eigenvalue weighted by atomic mass is 9.92. The van der Waals surface area contributed by atoms with Gasteiger partial charge in [-0.25, -0.2) is 0 Å². The van der Waals surface area contributed by atoms with Crippen LogP contribution >= 0.6 is 23.2 Å². The van der Waals surface area contributed by atoms with Crippen LogP contribution in [0.2, 0.25) is 10.0 Å². The highest BCUT2D eigenvalue weighted by atomic mass is 35.5. The Balaban J connectivity index is 0.000000357. The standard InChI is InChI=1S/C11H13Cl2N.C3H8O/c12-10-4-3-8(6-11(10)13)9-2-1-5-14-7-9;1-3-4-2/h3-4,6,9,14H,1-2,5,7H2;3H2,1-2H3/t9-;/m0./s1. The van der Waals surface area contributed by atoms with Gasteiger partial charge in [-0.05, 0) is 49.9 Å². The van der Waals surface area contributed by atoms with Gasteiger partial charge in [0.05, 0.1) is 10.0 Å². The van der Waals surface area contributed by atoms with E-state index in [1.54, 1.807) is 7.11 Å². The maximum atomic E-state index is 5.98. The summed E-state index contributed by atoms with van der Waals surface area (Å²) in [6.45, 7) is 4.97. The zero-order chi connectivity index (χ0) is 13.4. The van der Waals surface area contributed by atoms with Crippen LogP contribution < -0.4 is 5.32 Å². The van der Waals surface area contributed by atoms with Crippen LogP contribution in [0.1, 0.15) is 31.2 Å². The number of hydrogen-bond acceptors (Lipinski definition) is 2. The molecular weight excluding hydrogens is 269 g/mol. The molecule has 1 atom stereocenters. The molecule has 0 spiro atoms. The zero-order valence-corrected chi connectivity index (χ0v) is 12.5. The van der Waals surface area contributed by atoms with E-state index in [-0.39, 0.29) is 0 Å². The smallest absolute Gasteiger partial charge is 0.0595 e. The van der Waals surface area contributed by atoms with Crippen LogP contribution in [0.15, 0.2) is 18.2 Å². The molecule has 1 aromatic carbocycles. The van der Waals surface area contributed by atoms with Gasteiger partial charge in [0.1, 0.15) is 0 Å². The molecule has 1 aromatic rings.